The summed E-state index contributed by atoms with van der Waals surface area (Å²) in [6.45, 7) is 1.83. The van der Waals surface area contributed by atoms with E-state index in [4.69, 9.17) is 9.47 Å². The Balaban J connectivity index is 1.56. The molecule has 2 aromatic heterocycles. The number of nitrogens with zero attached hydrogens (tertiary/aromatic N) is 4. The first kappa shape index (κ1) is 19.0. The van der Waals surface area contributed by atoms with E-state index in [2.05, 4.69) is 20.4 Å². The maximum Gasteiger partial charge on any atom is 0.234 e. The van der Waals surface area contributed by atoms with E-state index in [0.717, 1.165) is 16.6 Å². The van der Waals surface area contributed by atoms with Gasteiger partial charge in [-0.2, -0.15) is 4.52 Å². The summed E-state index contributed by atoms with van der Waals surface area (Å²) >= 11 is 1.30. The predicted molar refractivity (Wildman–Crippen MR) is 112 cm³/mol. The fraction of sp³-hybridized carbons (Fsp3) is 0.200. The Morgan fingerprint density at radius 2 is 1.97 bits per heavy atom. The monoisotopic (exact) mass is 409 g/mol. The van der Waals surface area contributed by atoms with Crippen molar-refractivity contribution in [3.63, 3.8) is 0 Å². The minimum Gasteiger partial charge on any atom is -0.497 e. The Labute approximate surface area is 171 Å². The van der Waals surface area contributed by atoms with Gasteiger partial charge in [0.25, 0.3) is 0 Å². The lowest BCUT2D eigenvalue weighted by Gasteiger charge is -2.11. The molecule has 0 fully saturated rings. The highest BCUT2D eigenvalue weighted by Gasteiger charge is 2.15. The summed E-state index contributed by atoms with van der Waals surface area (Å²) in [5.74, 6) is 1.81. The SMILES string of the molecule is COc1ccc(NC(=O)CSc2nc3ccccc3c3nc(C)nn23)c(OC)c1. The second-order valence-electron chi connectivity index (χ2n) is 6.21. The van der Waals surface area contributed by atoms with Gasteiger partial charge in [0.1, 0.15) is 17.3 Å². The number of para-hydroxylation sites is 1. The molecule has 29 heavy (non-hydrogen) atoms. The minimum atomic E-state index is -0.182. The number of aryl methyl sites for hydroxylation is 1. The molecule has 0 aliphatic rings. The molecule has 0 bridgehead atoms. The summed E-state index contributed by atoms with van der Waals surface area (Å²) in [5, 5.41) is 8.82. The molecule has 0 saturated carbocycles. The quantitative estimate of drug-likeness (QED) is 0.386. The zero-order chi connectivity index (χ0) is 20.4. The van der Waals surface area contributed by atoms with E-state index in [1.165, 1.54) is 11.8 Å². The summed E-state index contributed by atoms with van der Waals surface area (Å²) in [6, 6.07) is 13.0. The molecule has 0 spiro atoms. The molecule has 0 aliphatic heterocycles. The van der Waals surface area contributed by atoms with Gasteiger partial charge in [-0.3, -0.25) is 4.79 Å². The zero-order valence-corrected chi connectivity index (χ0v) is 17.0. The number of ether oxygens (including phenoxy) is 2. The topological polar surface area (TPSA) is 90.6 Å². The van der Waals surface area contributed by atoms with Gasteiger partial charge in [0, 0.05) is 11.5 Å². The second kappa shape index (κ2) is 7.96. The number of amides is 1. The lowest BCUT2D eigenvalue weighted by molar-refractivity contribution is -0.113. The number of aromatic nitrogens is 4. The van der Waals surface area contributed by atoms with Crippen LogP contribution in [0.25, 0.3) is 16.6 Å². The largest absolute Gasteiger partial charge is 0.497 e. The molecule has 2 aromatic carbocycles. The van der Waals surface area contributed by atoms with Crippen LogP contribution in [0.3, 0.4) is 0 Å². The maximum atomic E-state index is 12.5. The molecular weight excluding hydrogens is 390 g/mol. The highest BCUT2D eigenvalue weighted by atomic mass is 32.2. The molecule has 148 valence electrons. The number of benzene rings is 2. The van der Waals surface area contributed by atoms with Gasteiger partial charge < -0.3 is 14.8 Å². The summed E-state index contributed by atoms with van der Waals surface area (Å²) in [5.41, 5.74) is 2.12. The highest BCUT2D eigenvalue weighted by Crippen LogP contribution is 2.29. The van der Waals surface area contributed by atoms with Crippen LogP contribution in [0.5, 0.6) is 11.5 Å². The standard InChI is InChI=1S/C20H19N5O3S/c1-12-21-19-14-6-4-5-7-15(14)23-20(25(19)24-12)29-11-18(26)22-16-9-8-13(27-2)10-17(16)28-3/h4-10H,11H2,1-3H3,(H,22,26). The molecule has 0 saturated heterocycles. The van der Waals surface area contributed by atoms with Gasteiger partial charge in [-0.05, 0) is 31.2 Å². The smallest absolute Gasteiger partial charge is 0.234 e. The van der Waals surface area contributed by atoms with Crippen molar-refractivity contribution < 1.29 is 14.3 Å². The maximum absolute atomic E-state index is 12.5. The van der Waals surface area contributed by atoms with Gasteiger partial charge in [-0.25, -0.2) is 9.97 Å². The fourth-order valence-corrected chi connectivity index (χ4v) is 3.69. The lowest BCUT2D eigenvalue weighted by atomic mass is 10.2. The number of anilines is 1. The van der Waals surface area contributed by atoms with Gasteiger partial charge in [-0.15, -0.1) is 5.10 Å². The van der Waals surface area contributed by atoms with E-state index in [-0.39, 0.29) is 11.7 Å². The third-order valence-corrected chi connectivity index (χ3v) is 5.20. The predicted octanol–water partition coefficient (Wildman–Crippen LogP) is 3.33. The molecule has 9 heteroatoms. The second-order valence-corrected chi connectivity index (χ2v) is 7.15. The lowest BCUT2D eigenvalue weighted by Crippen LogP contribution is -2.15. The van der Waals surface area contributed by atoms with Crippen molar-refractivity contribution in [2.45, 2.75) is 12.1 Å². The summed E-state index contributed by atoms with van der Waals surface area (Å²) in [6.07, 6.45) is 0. The fourth-order valence-electron chi connectivity index (χ4n) is 2.94. The molecule has 1 amide bonds. The van der Waals surface area contributed by atoms with Crippen LogP contribution in [0.4, 0.5) is 5.69 Å². The highest BCUT2D eigenvalue weighted by molar-refractivity contribution is 7.99. The number of rotatable bonds is 6. The van der Waals surface area contributed by atoms with Crippen molar-refractivity contribution in [1.29, 1.82) is 0 Å². The average Bonchev–Trinajstić information content (AvgIpc) is 3.14. The number of thioether (sulfide) groups is 1. The molecular formula is C20H19N5O3S. The Morgan fingerprint density at radius 3 is 2.76 bits per heavy atom. The molecule has 8 nitrogen and oxygen atoms in total. The molecule has 0 atom stereocenters. The molecule has 4 rings (SSSR count). The molecule has 2 heterocycles. The van der Waals surface area contributed by atoms with Crippen LogP contribution >= 0.6 is 11.8 Å². The van der Waals surface area contributed by atoms with Crippen LogP contribution in [-0.4, -0.2) is 45.5 Å². The van der Waals surface area contributed by atoms with Crippen molar-refractivity contribution >= 4 is 39.9 Å². The molecule has 0 unspecified atom stereocenters. The number of methoxy groups -OCH3 is 2. The number of carbonyl (C=O) groups is 1. The van der Waals surface area contributed by atoms with Crippen LogP contribution in [0, 0.1) is 6.92 Å². The molecule has 1 N–H and O–H groups in total. The van der Waals surface area contributed by atoms with E-state index in [0.29, 0.717) is 28.2 Å². The van der Waals surface area contributed by atoms with E-state index in [1.807, 2.05) is 31.2 Å². The zero-order valence-electron chi connectivity index (χ0n) is 16.2. The van der Waals surface area contributed by atoms with Gasteiger partial charge in [-0.1, -0.05) is 23.9 Å². The third kappa shape index (κ3) is 3.81. The van der Waals surface area contributed by atoms with Gasteiger partial charge in [0.15, 0.2) is 10.8 Å². The normalized spacial score (nSPS) is 11.0. The first-order valence-corrected chi connectivity index (χ1v) is 9.84. The van der Waals surface area contributed by atoms with E-state index < -0.39 is 0 Å². The van der Waals surface area contributed by atoms with Crippen LogP contribution in [0.2, 0.25) is 0 Å². The van der Waals surface area contributed by atoms with E-state index in [9.17, 15) is 4.79 Å². The Morgan fingerprint density at radius 1 is 1.14 bits per heavy atom. The third-order valence-electron chi connectivity index (χ3n) is 4.27. The van der Waals surface area contributed by atoms with Gasteiger partial charge in [0.2, 0.25) is 5.91 Å². The minimum absolute atomic E-state index is 0.161. The van der Waals surface area contributed by atoms with E-state index in [1.54, 1.807) is 36.9 Å². The number of hydrogen-bond donors (Lipinski definition) is 1. The van der Waals surface area contributed by atoms with Gasteiger partial charge in [0.05, 0.1) is 31.2 Å². The first-order valence-electron chi connectivity index (χ1n) is 8.86. The first-order chi connectivity index (χ1) is 14.1. The Bertz CT molecular complexity index is 1210. The van der Waals surface area contributed by atoms with Crippen molar-refractivity contribution in [2.24, 2.45) is 0 Å². The molecule has 0 radical (unpaired) electrons. The summed E-state index contributed by atoms with van der Waals surface area (Å²) < 4.78 is 12.2. The van der Waals surface area contributed by atoms with Crippen LogP contribution < -0.4 is 14.8 Å². The van der Waals surface area contributed by atoms with Crippen LogP contribution in [0.15, 0.2) is 47.6 Å². The van der Waals surface area contributed by atoms with Crippen molar-refractivity contribution in [1.82, 2.24) is 19.6 Å². The number of nitrogens with one attached hydrogen (secondary N) is 1. The number of carbonyl (C=O) groups excluding carboxylic acids is 1. The van der Waals surface area contributed by atoms with Crippen LogP contribution in [-0.2, 0) is 4.79 Å². The molecule has 4 aromatic rings. The average molecular weight is 409 g/mol. The summed E-state index contributed by atoms with van der Waals surface area (Å²) in [7, 11) is 3.12. The number of fused-ring (bicyclic) bond motifs is 3. The van der Waals surface area contributed by atoms with Crippen LogP contribution in [0.1, 0.15) is 5.82 Å². The summed E-state index contributed by atoms with van der Waals surface area (Å²) in [4.78, 5) is 21.7. The Hall–Kier alpha value is -3.33. The van der Waals surface area contributed by atoms with Crippen molar-refractivity contribution in [2.75, 3.05) is 25.3 Å². The Kier molecular flexibility index (Phi) is 5.22. The van der Waals surface area contributed by atoms with E-state index >= 15 is 0 Å². The van der Waals surface area contributed by atoms with Crippen molar-refractivity contribution in [3.8, 4) is 11.5 Å². The molecule has 0 aliphatic carbocycles. The number of hydrogen-bond acceptors (Lipinski definition) is 7. The van der Waals surface area contributed by atoms with Crippen molar-refractivity contribution in [3.05, 3.63) is 48.3 Å². The van der Waals surface area contributed by atoms with Gasteiger partial charge >= 0.3 is 0 Å².